The van der Waals surface area contributed by atoms with Gasteiger partial charge < -0.3 is 9.15 Å². The van der Waals surface area contributed by atoms with Crippen LogP contribution in [0.3, 0.4) is 0 Å². The van der Waals surface area contributed by atoms with Crippen molar-refractivity contribution in [1.82, 2.24) is 4.98 Å². The lowest BCUT2D eigenvalue weighted by Gasteiger charge is -1.91. The molecule has 2 heterocycles. The van der Waals surface area contributed by atoms with Gasteiger partial charge in [0.05, 0.1) is 7.11 Å². The molecule has 4 nitrogen and oxygen atoms in total. The lowest BCUT2D eigenvalue weighted by atomic mass is 10.3. The number of methoxy groups -OCH3 is 1. The van der Waals surface area contributed by atoms with Crippen LogP contribution in [0.1, 0.15) is 10.6 Å². The number of pyridine rings is 1. The Hall–Kier alpha value is -1.55. The second-order valence-corrected chi connectivity index (χ2v) is 2.98. The molecule has 0 aliphatic carbocycles. The van der Waals surface area contributed by atoms with Crippen molar-refractivity contribution >= 4 is 28.5 Å². The van der Waals surface area contributed by atoms with Crippen molar-refractivity contribution in [3.8, 4) is 0 Å². The molecule has 14 heavy (non-hydrogen) atoms. The molecule has 0 bridgehead atoms. The molecule has 0 aliphatic rings. The van der Waals surface area contributed by atoms with Crippen molar-refractivity contribution in [2.75, 3.05) is 7.11 Å². The van der Waals surface area contributed by atoms with Crippen LogP contribution in [0.2, 0.25) is 5.15 Å². The molecule has 0 N–H and O–H groups in total. The quantitative estimate of drug-likeness (QED) is 0.536. The Morgan fingerprint density at radius 2 is 2.43 bits per heavy atom. The van der Waals surface area contributed by atoms with E-state index in [0.29, 0.717) is 5.58 Å². The lowest BCUT2D eigenvalue weighted by Crippen LogP contribution is -1.97. The number of nitrogens with zero attached hydrogens (tertiary/aromatic N) is 1. The molecule has 5 heteroatoms. The summed E-state index contributed by atoms with van der Waals surface area (Å²) in [4.78, 5) is 14.9. The Morgan fingerprint density at radius 1 is 1.64 bits per heavy atom. The van der Waals surface area contributed by atoms with E-state index in [2.05, 4.69) is 9.72 Å². The minimum atomic E-state index is -0.530. The van der Waals surface area contributed by atoms with Gasteiger partial charge in [-0.2, -0.15) is 0 Å². The smallest absolute Gasteiger partial charge is 0.373 e. The average molecular weight is 212 g/mol. The van der Waals surface area contributed by atoms with Gasteiger partial charge in [0.1, 0.15) is 0 Å². The van der Waals surface area contributed by atoms with Gasteiger partial charge in [0, 0.05) is 11.6 Å². The number of hydrogen-bond acceptors (Lipinski definition) is 4. The fourth-order valence-electron chi connectivity index (χ4n) is 1.13. The number of rotatable bonds is 1. The minimum absolute atomic E-state index is 0.123. The van der Waals surface area contributed by atoms with Gasteiger partial charge in [-0.3, -0.25) is 0 Å². The normalized spacial score (nSPS) is 10.4. The van der Waals surface area contributed by atoms with E-state index in [1.165, 1.54) is 7.11 Å². The first-order chi connectivity index (χ1) is 6.72. The van der Waals surface area contributed by atoms with E-state index in [1.54, 1.807) is 18.3 Å². The summed E-state index contributed by atoms with van der Waals surface area (Å²) in [5.74, 6) is -0.408. The SMILES string of the molecule is COC(=O)c1cc2ccnc(Cl)c2o1. The molecule has 0 amide bonds. The number of esters is 1. The van der Waals surface area contributed by atoms with Crippen molar-refractivity contribution in [2.45, 2.75) is 0 Å². The molecule has 72 valence electrons. The summed E-state index contributed by atoms with van der Waals surface area (Å²) in [5.41, 5.74) is 0.398. The summed E-state index contributed by atoms with van der Waals surface area (Å²) in [5, 5.41) is 0.961. The Labute approximate surface area is 84.4 Å². The molecule has 0 saturated heterocycles. The van der Waals surface area contributed by atoms with E-state index in [-0.39, 0.29) is 10.9 Å². The molecule has 2 rings (SSSR count). The van der Waals surface area contributed by atoms with Gasteiger partial charge in [-0.25, -0.2) is 9.78 Å². The van der Waals surface area contributed by atoms with Gasteiger partial charge in [-0.1, -0.05) is 11.6 Å². The first-order valence-corrected chi connectivity index (χ1v) is 4.22. The van der Waals surface area contributed by atoms with Crippen molar-refractivity contribution in [3.63, 3.8) is 0 Å². The zero-order valence-electron chi connectivity index (χ0n) is 7.28. The molecule has 2 aromatic rings. The van der Waals surface area contributed by atoms with Crippen LogP contribution in [0.15, 0.2) is 22.7 Å². The van der Waals surface area contributed by atoms with Crippen LogP contribution < -0.4 is 0 Å². The molecule has 0 saturated carbocycles. The minimum Gasteiger partial charge on any atom is -0.463 e. The van der Waals surface area contributed by atoms with Crippen LogP contribution >= 0.6 is 11.6 Å². The summed E-state index contributed by atoms with van der Waals surface area (Å²) in [6.45, 7) is 0. The Balaban J connectivity index is 2.62. The molecular weight excluding hydrogens is 206 g/mol. The van der Waals surface area contributed by atoms with Gasteiger partial charge in [0.15, 0.2) is 10.7 Å². The molecule has 0 unspecified atom stereocenters. The number of hydrogen-bond donors (Lipinski definition) is 0. The van der Waals surface area contributed by atoms with Crippen molar-refractivity contribution in [3.05, 3.63) is 29.2 Å². The Morgan fingerprint density at radius 3 is 3.07 bits per heavy atom. The predicted molar refractivity (Wildman–Crippen MR) is 50.4 cm³/mol. The number of fused-ring (bicyclic) bond motifs is 1. The van der Waals surface area contributed by atoms with E-state index < -0.39 is 5.97 Å². The highest BCUT2D eigenvalue weighted by Gasteiger charge is 2.13. The maximum atomic E-state index is 11.1. The molecule has 0 spiro atoms. The van der Waals surface area contributed by atoms with Crippen LogP contribution in [-0.2, 0) is 4.74 Å². The molecule has 2 aromatic heterocycles. The highest BCUT2D eigenvalue weighted by Crippen LogP contribution is 2.24. The fraction of sp³-hybridized carbons (Fsp3) is 0.111. The lowest BCUT2D eigenvalue weighted by molar-refractivity contribution is 0.0567. The van der Waals surface area contributed by atoms with Gasteiger partial charge in [-0.15, -0.1) is 0 Å². The van der Waals surface area contributed by atoms with E-state index in [1.807, 2.05) is 0 Å². The summed E-state index contributed by atoms with van der Waals surface area (Å²) in [7, 11) is 1.29. The fourth-order valence-corrected chi connectivity index (χ4v) is 1.34. The third-order valence-corrected chi connectivity index (χ3v) is 2.05. The standard InChI is InChI=1S/C9H6ClNO3/c1-13-9(12)6-4-5-2-3-11-8(10)7(5)14-6/h2-4H,1H3. The molecule has 0 radical (unpaired) electrons. The highest BCUT2D eigenvalue weighted by atomic mass is 35.5. The first kappa shape index (κ1) is 9.02. The van der Waals surface area contributed by atoms with E-state index in [4.69, 9.17) is 16.0 Å². The highest BCUT2D eigenvalue weighted by molar-refractivity contribution is 6.33. The van der Waals surface area contributed by atoms with Crippen molar-refractivity contribution < 1.29 is 13.9 Å². The molecule has 0 fully saturated rings. The topological polar surface area (TPSA) is 52.3 Å². The van der Waals surface area contributed by atoms with Crippen molar-refractivity contribution in [1.29, 1.82) is 0 Å². The van der Waals surface area contributed by atoms with E-state index in [9.17, 15) is 4.79 Å². The summed E-state index contributed by atoms with van der Waals surface area (Å²) >= 11 is 5.76. The number of halogens is 1. The largest absolute Gasteiger partial charge is 0.463 e. The van der Waals surface area contributed by atoms with Crippen LogP contribution in [0, 0.1) is 0 Å². The van der Waals surface area contributed by atoms with Crippen LogP contribution in [-0.4, -0.2) is 18.1 Å². The molecule has 0 aliphatic heterocycles. The average Bonchev–Trinajstić information content (AvgIpc) is 2.62. The maximum absolute atomic E-state index is 11.1. The van der Waals surface area contributed by atoms with E-state index in [0.717, 1.165) is 5.39 Å². The predicted octanol–water partition coefficient (Wildman–Crippen LogP) is 2.27. The van der Waals surface area contributed by atoms with Crippen LogP contribution in [0.25, 0.3) is 11.0 Å². The number of carbonyl (C=O) groups excluding carboxylic acids is 1. The molecule has 0 aromatic carbocycles. The number of aromatic nitrogens is 1. The Kier molecular flexibility index (Phi) is 2.13. The molecule has 0 atom stereocenters. The van der Waals surface area contributed by atoms with Gasteiger partial charge in [0.25, 0.3) is 0 Å². The second kappa shape index (κ2) is 3.31. The van der Waals surface area contributed by atoms with Crippen LogP contribution in [0.5, 0.6) is 0 Å². The van der Waals surface area contributed by atoms with Gasteiger partial charge >= 0.3 is 5.97 Å². The van der Waals surface area contributed by atoms with Crippen LogP contribution in [0.4, 0.5) is 0 Å². The third kappa shape index (κ3) is 1.33. The first-order valence-electron chi connectivity index (χ1n) is 3.84. The number of ether oxygens (including phenoxy) is 1. The summed E-state index contributed by atoms with van der Waals surface area (Å²) in [6, 6.07) is 3.27. The summed E-state index contributed by atoms with van der Waals surface area (Å²) < 4.78 is 9.69. The zero-order valence-corrected chi connectivity index (χ0v) is 8.04. The number of carbonyl (C=O) groups is 1. The number of furan rings is 1. The monoisotopic (exact) mass is 211 g/mol. The zero-order chi connectivity index (χ0) is 10.1. The third-order valence-electron chi connectivity index (χ3n) is 1.78. The van der Waals surface area contributed by atoms with Gasteiger partial charge in [0.2, 0.25) is 5.76 Å². The van der Waals surface area contributed by atoms with Gasteiger partial charge in [-0.05, 0) is 12.1 Å². The Bertz CT molecular complexity index is 492. The summed E-state index contributed by atoms with van der Waals surface area (Å²) in [6.07, 6.45) is 1.54. The van der Waals surface area contributed by atoms with E-state index >= 15 is 0 Å². The maximum Gasteiger partial charge on any atom is 0.373 e. The molecular formula is C9H6ClNO3. The van der Waals surface area contributed by atoms with Crippen molar-refractivity contribution in [2.24, 2.45) is 0 Å². The second-order valence-electron chi connectivity index (χ2n) is 2.62.